The first-order chi connectivity index (χ1) is 9.92. The Hall–Kier alpha value is -1.87. The monoisotopic (exact) mass is 320 g/mol. The van der Waals surface area contributed by atoms with E-state index in [1.165, 1.54) is 6.07 Å². The molecule has 1 N–H and O–H groups in total. The van der Waals surface area contributed by atoms with Gasteiger partial charge in [0.25, 0.3) is 0 Å². The highest BCUT2D eigenvalue weighted by Gasteiger charge is 2.17. The lowest BCUT2D eigenvalue weighted by Crippen LogP contribution is -2.24. The third-order valence-electron chi connectivity index (χ3n) is 2.99. The van der Waals surface area contributed by atoms with Gasteiger partial charge in [-0.25, -0.2) is 13.1 Å². The van der Waals surface area contributed by atoms with Crippen molar-refractivity contribution in [3.63, 3.8) is 0 Å². The average molecular weight is 321 g/mol. The molecule has 0 saturated heterocycles. The van der Waals surface area contributed by atoms with Gasteiger partial charge in [0.2, 0.25) is 10.0 Å². The van der Waals surface area contributed by atoms with Crippen LogP contribution in [0.3, 0.4) is 0 Å². The normalized spacial score (nSPS) is 11.1. The molecule has 0 radical (unpaired) electrons. The molecule has 0 aliphatic heterocycles. The van der Waals surface area contributed by atoms with Crippen LogP contribution in [0.2, 0.25) is 5.02 Å². The Morgan fingerprint density at radius 3 is 2.48 bits per heavy atom. The Labute approximate surface area is 129 Å². The lowest BCUT2D eigenvalue weighted by Gasteiger charge is -2.09. The molecule has 2 aromatic carbocycles. The molecule has 0 amide bonds. The summed E-state index contributed by atoms with van der Waals surface area (Å²) in [7, 11) is -3.67. The largest absolute Gasteiger partial charge is 0.241 e. The molecule has 2 aromatic rings. The number of aryl methyl sites for hydroxylation is 1. The zero-order chi connectivity index (χ0) is 15.5. The van der Waals surface area contributed by atoms with Gasteiger partial charge in [0.15, 0.2) is 0 Å². The molecule has 0 atom stereocenters. The molecular formula is C15H13ClN2O2S. The summed E-state index contributed by atoms with van der Waals surface area (Å²) in [5.41, 5.74) is 1.71. The van der Waals surface area contributed by atoms with E-state index in [0.29, 0.717) is 16.1 Å². The van der Waals surface area contributed by atoms with E-state index in [1.807, 2.05) is 6.07 Å². The van der Waals surface area contributed by atoms with E-state index < -0.39 is 10.0 Å². The summed E-state index contributed by atoms with van der Waals surface area (Å²) in [6.07, 6.45) is 0. The maximum absolute atomic E-state index is 12.3. The number of halogens is 1. The second-order valence-corrected chi connectivity index (χ2v) is 6.71. The van der Waals surface area contributed by atoms with Crippen LogP contribution in [0.1, 0.15) is 16.7 Å². The predicted octanol–water partition coefficient (Wildman–Crippen LogP) is 3.00. The molecule has 4 nitrogen and oxygen atoms in total. The molecule has 0 aromatic heterocycles. The SMILES string of the molecule is Cc1ccc(C#N)cc1S(=O)(=O)NCc1ccc(Cl)cc1. The summed E-state index contributed by atoms with van der Waals surface area (Å²) < 4.78 is 27.2. The number of nitrogens with zero attached hydrogens (tertiary/aromatic N) is 1. The number of hydrogen-bond donors (Lipinski definition) is 1. The van der Waals surface area contributed by atoms with Crippen molar-refractivity contribution in [3.05, 3.63) is 64.2 Å². The number of nitrogens with one attached hydrogen (secondary N) is 1. The minimum absolute atomic E-state index is 0.121. The quantitative estimate of drug-likeness (QED) is 0.941. The fraction of sp³-hybridized carbons (Fsp3) is 0.133. The second-order valence-electron chi connectivity index (χ2n) is 4.54. The third-order valence-corrected chi connectivity index (χ3v) is 4.78. The molecular weight excluding hydrogens is 308 g/mol. The van der Waals surface area contributed by atoms with Crippen LogP contribution in [0.25, 0.3) is 0 Å². The van der Waals surface area contributed by atoms with Gasteiger partial charge in [-0.3, -0.25) is 0 Å². The van der Waals surface area contributed by atoms with Gasteiger partial charge in [-0.05, 0) is 42.3 Å². The molecule has 0 unspecified atom stereocenters. The topological polar surface area (TPSA) is 70.0 Å². The van der Waals surface area contributed by atoms with E-state index in [4.69, 9.17) is 16.9 Å². The van der Waals surface area contributed by atoms with Gasteiger partial charge in [0.1, 0.15) is 0 Å². The minimum atomic E-state index is -3.67. The van der Waals surface area contributed by atoms with Gasteiger partial charge >= 0.3 is 0 Å². The molecule has 0 saturated carbocycles. The lowest BCUT2D eigenvalue weighted by molar-refractivity contribution is 0.580. The highest BCUT2D eigenvalue weighted by Crippen LogP contribution is 2.17. The van der Waals surface area contributed by atoms with Crippen molar-refractivity contribution in [2.24, 2.45) is 0 Å². The summed E-state index contributed by atoms with van der Waals surface area (Å²) in [6.45, 7) is 1.85. The van der Waals surface area contributed by atoms with Crippen LogP contribution in [0.15, 0.2) is 47.4 Å². The lowest BCUT2D eigenvalue weighted by atomic mass is 10.2. The van der Waals surface area contributed by atoms with Crippen molar-refractivity contribution >= 4 is 21.6 Å². The number of rotatable bonds is 4. The van der Waals surface area contributed by atoms with Crippen LogP contribution in [-0.4, -0.2) is 8.42 Å². The van der Waals surface area contributed by atoms with Gasteiger partial charge in [-0.15, -0.1) is 0 Å². The predicted molar refractivity (Wildman–Crippen MR) is 81.4 cm³/mol. The van der Waals surface area contributed by atoms with E-state index in [-0.39, 0.29) is 11.4 Å². The number of hydrogen-bond acceptors (Lipinski definition) is 3. The van der Waals surface area contributed by atoms with Gasteiger partial charge < -0.3 is 0 Å². The molecule has 0 heterocycles. The summed E-state index contributed by atoms with van der Waals surface area (Å²) >= 11 is 5.78. The highest BCUT2D eigenvalue weighted by molar-refractivity contribution is 7.89. The summed E-state index contributed by atoms with van der Waals surface area (Å²) in [5.74, 6) is 0. The summed E-state index contributed by atoms with van der Waals surface area (Å²) in [4.78, 5) is 0.121. The minimum Gasteiger partial charge on any atom is -0.207 e. The highest BCUT2D eigenvalue weighted by atomic mass is 35.5. The van der Waals surface area contributed by atoms with E-state index in [9.17, 15) is 8.42 Å². The van der Waals surface area contributed by atoms with Gasteiger partial charge in [-0.1, -0.05) is 29.8 Å². The van der Waals surface area contributed by atoms with Crippen LogP contribution in [-0.2, 0) is 16.6 Å². The van der Waals surface area contributed by atoms with Crippen LogP contribution in [0.5, 0.6) is 0 Å². The Morgan fingerprint density at radius 1 is 1.19 bits per heavy atom. The molecule has 6 heteroatoms. The van der Waals surface area contributed by atoms with Crippen molar-refractivity contribution < 1.29 is 8.42 Å². The number of nitriles is 1. The Morgan fingerprint density at radius 2 is 1.86 bits per heavy atom. The molecule has 0 bridgehead atoms. The molecule has 0 aliphatic rings. The van der Waals surface area contributed by atoms with Crippen molar-refractivity contribution in [3.8, 4) is 6.07 Å². The fourth-order valence-corrected chi connectivity index (χ4v) is 3.23. The Balaban J connectivity index is 2.23. The number of benzene rings is 2. The molecule has 108 valence electrons. The van der Waals surface area contributed by atoms with E-state index in [1.54, 1.807) is 43.3 Å². The Kier molecular flexibility index (Phi) is 4.63. The number of sulfonamides is 1. The van der Waals surface area contributed by atoms with E-state index in [2.05, 4.69) is 4.72 Å². The van der Waals surface area contributed by atoms with Gasteiger partial charge in [0.05, 0.1) is 16.5 Å². The van der Waals surface area contributed by atoms with E-state index >= 15 is 0 Å². The first-order valence-corrected chi connectivity index (χ1v) is 8.03. The third kappa shape index (κ3) is 3.82. The zero-order valence-corrected chi connectivity index (χ0v) is 12.9. The molecule has 2 rings (SSSR count). The second kappa shape index (κ2) is 6.27. The maximum Gasteiger partial charge on any atom is 0.241 e. The molecule has 0 aliphatic carbocycles. The van der Waals surface area contributed by atoms with Crippen molar-refractivity contribution in [2.45, 2.75) is 18.4 Å². The first-order valence-electron chi connectivity index (χ1n) is 6.17. The standard InChI is InChI=1S/C15H13ClN2O2S/c1-11-2-3-13(9-17)8-15(11)21(19,20)18-10-12-4-6-14(16)7-5-12/h2-8,18H,10H2,1H3. The van der Waals surface area contributed by atoms with Crippen molar-refractivity contribution in [1.82, 2.24) is 4.72 Å². The molecule has 0 spiro atoms. The zero-order valence-electron chi connectivity index (χ0n) is 11.3. The molecule has 0 fully saturated rings. The van der Waals surface area contributed by atoms with Gasteiger partial charge in [0, 0.05) is 11.6 Å². The summed E-state index contributed by atoms with van der Waals surface area (Å²) in [5, 5.41) is 9.47. The summed E-state index contributed by atoms with van der Waals surface area (Å²) in [6, 6.07) is 13.4. The molecule has 21 heavy (non-hydrogen) atoms. The van der Waals surface area contributed by atoms with Crippen molar-refractivity contribution in [2.75, 3.05) is 0 Å². The van der Waals surface area contributed by atoms with Crippen molar-refractivity contribution in [1.29, 1.82) is 5.26 Å². The smallest absolute Gasteiger partial charge is 0.207 e. The van der Waals surface area contributed by atoms with Crippen LogP contribution < -0.4 is 4.72 Å². The average Bonchev–Trinajstić information content (AvgIpc) is 2.47. The first kappa shape index (κ1) is 15.5. The van der Waals surface area contributed by atoms with Gasteiger partial charge in [-0.2, -0.15) is 5.26 Å². The van der Waals surface area contributed by atoms with E-state index in [0.717, 1.165) is 5.56 Å². The van der Waals surface area contributed by atoms with Crippen LogP contribution in [0.4, 0.5) is 0 Å². The van der Waals surface area contributed by atoms with Crippen LogP contribution >= 0.6 is 11.6 Å². The van der Waals surface area contributed by atoms with Crippen LogP contribution in [0, 0.1) is 18.3 Å². The Bertz CT molecular complexity index is 793. The maximum atomic E-state index is 12.3. The fourth-order valence-electron chi connectivity index (χ4n) is 1.82.